The highest BCUT2D eigenvalue weighted by Gasteiger charge is 2.15. The van der Waals surface area contributed by atoms with Gasteiger partial charge in [-0.05, 0) is 11.6 Å². The van der Waals surface area contributed by atoms with E-state index in [1.54, 1.807) is 0 Å². The van der Waals surface area contributed by atoms with E-state index in [9.17, 15) is 13.2 Å². The molecule has 0 unspecified atom stereocenters. The third kappa shape index (κ3) is 2.34. The van der Waals surface area contributed by atoms with Crippen molar-refractivity contribution in [1.82, 2.24) is 4.98 Å². The average molecular weight is 274 g/mol. The maximum Gasteiger partial charge on any atom is 0.280 e. The Balaban J connectivity index is 3.22. The van der Waals surface area contributed by atoms with E-state index in [2.05, 4.69) is 20.9 Å². The van der Waals surface area contributed by atoms with Crippen molar-refractivity contribution in [3.8, 4) is 0 Å². The minimum atomic E-state index is -2.79. The number of nitrogens with zero attached hydrogens (tertiary/aromatic N) is 1. The Hall–Kier alpha value is -0.290. The summed E-state index contributed by atoms with van der Waals surface area (Å²) in [7, 11) is 0. The second-order valence-corrected chi connectivity index (χ2v) is 3.18. The molecule has 0 spiro atoms. The first-order chi connectivity index (χ1) is 6.06. The van der Waals surface area contributed by atoms with E-state index in [1.807, 2.05) is 0 Å². The molecule has 0 saturated heterocycles. The average Bonchev–Trinajstić information content (AvgIpc) is 2.09. The molecule has 1 nitrogen and oxygen atoms in total. The van der Waals surface area contributed by atoms with Crippen LogP contribution in [0, 0.1) is 5.95 Å². The van der Waals surface area contributed by atoms with Crippen LogP contribution in [-0.4, -0.2) is 4.98 Å². The zero-order valence-electron chi connectivity index (χ0n) is 6.20. The molecule has 0 atom stereocenters. The van der Waals surface area contributed by atoms with Gasteiger partial charge in [0.1, 0.15) is 5.69 Å². The first kappa shape index (κ1) is 10.8. The highest BCUT2D eigenvalue weighted by Crippen LogP contribution is 2.26. The van der Waals surface area contributed by atoms with E-state index >= 15 is 0 Å². The fourth-order valence-corrected chi connectivity index (χ4v) is 1.55. The molecule has 1 aromatic heterocycles. The third-order valence-electron chi connectivity index (χ3n) is 1.38. The zero-order valence-corrected chi connectivity index (χ0v) is 8.54. The minimum Gasteiger partial charge on any atom is -0.217 e. The second-order valence-electron chi connectivity index (χ2n) is 2.25. The van der Waals surface area contributed by atoms with Crippen molar-refractivity contribution in [2.75, 3.05) is 0 Å². The number of halogens is 5. The smallest absolute Gasteiger partial charge is 0.217 e. The van der Waals surface area contributed by atoms with Gasteiger partial charge in [-0.25, -0.2) is 13.8 Å². The van der Waals surface area contributed by atoms with Crippen molar-refractivity contribution in [3.05, 3.63) is 28.3 Å². The number of alkyl halides is 3. The molecule has 0 bridgehead atoms. The Morgan fingerprint density at radius 1 is 1.54 bits per heavy atom. The Morgan fingerprint density at radius 2 is 2.15 bits per heavy atom. The van der Waals surface area contributed by atoms with Gasteiger partial charge >= 0.3 is 0 Å². The lowest BCUT2D eigenvalue weighted by molar-refractivity contribution is 0.144. The van der Waals surface area contributed by atoms with Gasteiger partial charge < -0.3 is 0 Å². The molecule has 6 heteroatoms. The van der Waals surface area contributed by atoms with Crippen LogP contribution in [0.15, 0.2) is 6.07 Å². The SMILES string of the molecule is Fc1nc(C(F)F)cc(CBr)c1Cl. The van der Waals surface area contributed by atoms with Gasteiger partial charge in [-0.1, -0.05) is 27.5 Å². The summed E-state index contributed by atoms with van der Waals surface area (Å²) in [5, 5.41) is -0.00775. The Bertz CT molecular complexity index is 319. The van der Waals surface area contributed by atoms with Crippen LogP contribution in [-0.2, 0) is 5.33 Å². The summed E-state index contributed by atoms with van der Waals surface area (Å²) in [6, 6.07) is 1.07. The maximum atomic E-state index is 12.8. The van der Waals surface area contributed by atoms with E-state index in [0.717, 1.165) is 6.07 Å². The summed E-state index contributed by atoms with van der Waals surface area (Å²) in [5.41, 5.74) is -0.333. The molecule has 0 aromatic carbocycles. The number of hydrogen-bond donors (Lipinski definition) is 0. The van der Waals surface area contributed by atoms with Gasteiger partial charge in [0.05, 0.1) is 5.02 Å². The molecular weight excluding hydrogens is 270 g/mol. The lowest BCUT2D eigenvalue weighted by Crippen LogP contribution is -1.97. The molecule has 1 rings (SSSR count). The van der Waals surface area contributed by atoms with Crippen LogP contribution >= 0.6 is 27.5 Å². The summed E-state index contributed by atoms with van der Waals surface area (Å²) in [6.07, 6.45) is -2.79. The molecule has 1 heterocycles. The van der Waals surface area contributed by atoms with E-state index in [4.69, 9.17) is 11.6 Å². The summed E-state index contributed by atoms with van der Waals surface area (Å²) in [4.78, 5) is 3.01. The molecular formula is C7H4BrClF3N. The standard InChI is InChI=1S/C7H4BrClF3N/c8-2-3-1-4(6(10)11)13-7(12)5(3)9/h1,6H,2H2. The minimum absolute atomic E-state index is 0.213. The maximum absolute atomic E-state index is 12.8. The Labute approximate surface area is 86.0 Å². The summed E-state index contributed by atoms with van der Waals surface area (Å²) in [6.45, 7) is 0. The van der Waals surface area contributed by atoms with Gasteiger partial charge in [0, 0.05) is 5.33 Å². The molecule has 0 aliphatic rings. The summed E-state index contributed by atoms with van der Waals surface area (Å²) >= 11 is 8.46. The van der Waals surface area contributed by atoms with E-state index in [1.165, 1.54) is 0 Å². The highest BCUT2D eigenvalue weighted by atomic mass is 79.9. The summed E-state index contributed by atoms with van der Waals surface area (Å²) < 4.78 is 37.0. The third-order valence-corrected chi connectivity index (χ3v) is 2.38. The second kappa shape index (κ2) is 4.28. The number of aromatic nitrogens is 1. The predicted octanol–water partition coefficient (Wildman–Crippen LogP) is 3.71. The molecule has 0 saturated carbocycles. The highest BCUT2D eigenvalue weighted by molar-refractivity contribution is 9.08. The van der Waals surface area contributed by atoms with Gasteiger partial charge in [-0.3, -0.25) is 0 Å². The Morgan fingerprint density at radius 3 is 2.62 bits per heavy atom. The van der Waals surface area contributed by atoms with Gasteiger partial charge in [-0.2, -0.15) is 4.39 Å². The van der Waals surface area contributed by atoms with E-state index in [-0.39, 0.29) is 15.9 Å². The van der Waals surface area contributed by atoms with Crippen LogP contribution in [0.5, 0.6) is 0 Å². The molecule has 13 heavy (non-hydrogen) atoms. The van der Waals surface area contributed by atoms with E-state index in [0.29, 0.717) is 0 Å². The largest absolute Gasteiger partial charge is 0.280 e. The quantitative estimate of drug-likeness (QED) is 0.592. The van der Waals surface area contributed by atoms with Crippen LogP contribution in [0.1, 0.15) is 17.7 Å². The van der Waals surface area contributed by atoms with Gasteiger partial charge in [0.15, 0.2) is 0 Å². The number of pyridine rings is 1. The van der Waals surface area contributed by atoms with Gasteiger partial charge in [0.2, 0.25) is 5.95 Å². The van der Waals surface area contributed by atoms with Gasteiger partial charge in [0.25, 0.3) is 6.43 Å². The number of rotatable bonds is 2. The fraction of sp³-hybridized carbons (Fsp3) is 0.286. The Kier molecular flexibility index (Phi) is 3.55. The van der Waals surface area contributed by atoms with Gasteiger partial charge in [-0.15, -0.1) is 0 Å². The first-order valence-corrected chi connectivity index (χ1v) is 4.75. The first-order valence-electron chi connectivity index (χ1n) is 3.25. The lowest BCUT2D eigenvalue weighted by atomic mass is 10.2. The van der Waals surface area contributed by atoms with Crippen molar-refractivity contribution in [2.45, 2.75) is 11.8 Å². The topological polar surface area (TPSA) is 12.9 Å². The summed E-state index contributed by atoms with van der Waals surface area (Å²) in [5.74, 6) is -1.06. The predicted molar refractivity (Wildman–Crippen MR) is 46.8 cm³/mol. The number of hydrogen-bond acceptors (Lipinski definition) is 1. The molecule has 0 aliphatic heterocycles. The molecule has 1 aromatic rings. The zero-order chi connectivity index (χ0) is 10.0. The van der Waals surface area contributed by atoms with Crippen molar-refractivity contribution in [1.29, 1.82) is 0 Å². The van der Waals surface area contributed by atoms with Crippen LogP contribution < -0.4 is 0 Å². The molecule has 0 radical (unpaired) electrons. The van der Waals surface area contributed by atoms with Crippen LogP contribution in [0.4, 0.5) is 13.2 Å². The van der Waals surface area contributed by atoms with Crippen molar-refractivity contribution >= 4 is 27.5 Å². The molecule has 72 valence electrons. The molecule has 0 fully saturated rings. The van der Waals surface area contributed by atoms with Crippen molar-refractivity contribution < 1.29 is 13.2 Å². The monoisotopic (exact) mass is 273 g/mol. The van der Waals surface area contributed by atoms with Crippen LogP contribution in [0.3, 0.4) is 0 Å². The fourth-order valence-electron chi connectivity index (χ4n) is 0.778. The lowest BCUT2D eigenvalue weighted by Gasteiger charge is -2.04. The van der Waals surface area contributed by atoms with Crippen LogP contribution in [0.25, 0.3) is 0 Å². The molecule has 0 amide bonds. The van der Waals surface area contributed by atoms with Crippen molar-refractivity contribution in [3.63, 3.8) is 0 Å². The molecule has 0 aliphatic carbocycles. The normalized spacial score (nSPS) is 10.9. The molecule has 0 N–H and O–H groups in total. The van der Waals surface area contributed by atoms with E-state index < -0.39 is 18.1 Å². The van der Waals surface area contributed by atoms with Crippen LogP contribution in [0.2, 0.25) is 5.02 Å². The van der Waals surface area contributed by atoms with Crippen molar-refractivity contribution in [2.24, 2.45) is 0 Å².